The molecule has 0 fully saturated rings. The molecule has 0 aliphatic rings. The van der Waals surface area contributed by atoms with E-state index in [1.54, 1.807) is 6.92 Å². The minimum atomic E-state index is -1.08. The van der Waals surface area contributed by atoms with Crippen LogP contribution in [0, 0.1) is 22.7 Å². The number of nitriles is 2. The lowest BCUT2D eigenvalue weighted by molar-refractivity contribution is 0.526. The predicted octanol–water partition coefficient (Wildman–Crippen LogP) is -1.07. The summed E-state index contributed by atoms with van der Waals surface area (Å²) in [5.41, 5.74) is 4.18. The number of nitrogens with zero attached hydrogens (tertiary/aromatic N) is 2. The zero-order chi connectivity index (χ0) is 10.2. The number of rotatable bonds is 6. The van der Waals surface area contributed by atoms with E-state index >= 15 is 0 Å². The van der Waals surface area contributed by atoms with Crippen LogP contribution in [-0.4, -0.2) is 31.7 Å². The van der Waals surface area contributed by atoms with Gasteiger partial charge in [-0.1, -0.05) is 0 Å². The summed E-state index contributed by atoms with van der Waals surface area (Å²) >= 11 is 0. The fourth-order valence-corrected chi connectivity index (χ4v) is 0.732. The van der Waals surface area contributed by atoms with Crippen molar-refractivity contribution in [2.45, 2.75) is 12.5 Å². The highest BCUT2D eigenvalue weighted by Crippen LogP contribution is 1.96. The van der Waals surface area contributed by atoms with Crippen LogP contribution in [0.15, 0.2) is 0 Å². The Morgan fingerprint density at radius 1 is 1.23 bits per heavy atom. The molecule has 4 N–H and O–H groups in total. The second-order valence-corrected chi connectivity index (χ2v) is 2.81. The van der Waals surface area contributed by atoms with E-state index < -0.39 is 5.54 Å². The molecule has 5 nitrogen and oxygen atoms in total. The molecular weight excluding hydrogens is 166 g/mol. The highest BCUT2D eigenvalue weighted by atomic mass is 15.0. The van der Waals surface area contributed by atoms with Gasteiger partial charge in [-0.05, 0) is 6.92 Å². The number of hydrogen-bond donors (Lipinski definition) is 3. The predicted molar refractivity (Wildman–Crippen MR) is 49.6 cm³/mol. The maximum Gasteiger partial charge on any atom is 0.191 e. The number of hydrogen-bond acceptors (Lipinski definition) is 5. The zero-order valence-electron chi connectivity index (χ0n) is 7.80. The summed E-state index contributed by atoms with van der Waals surface area (Å²) < 4.78 is 0. The second kappa shape index (κ2) is 6.38. The molecule has 0 amide bonds. The molecule has 0 aromatic heterocycles. The van der Waals surface area contributed by atoms with Crippen molar-refractivity contribution >= 4 is 0 Å². The maximum atomic E-state index is 8.61. The fraction of sp³-hybridized carbons (Fsp3) is 0.750. The first kappa shape index (κ1) is 11.9. The largest absolute Gasteiger partial charge is 0.329 e. The van der Waals surface area contributed by atoms with Crippen molar-refractivity contribution in [1.29, 1.82) is 10.5 Å². The first-order valence-corrected chi connectivity index (χ1v) is 4.17. The van der Waals surface area contributed by atoms with Crippen molar-refractivity contribution in [2.24, 2.45) is 5.73 Å². The van der Waals surface area contributed by atoms with E-state index in [4.69, 9.17) is 16.3 Å². The lowest BCUT2D eigenvalue weighted by Gasteiger charge is -2.14. The normalized spacial score (nSPS) is 10.5. The summed E-state index contributed by atoms with van der Waals surface area (Å²) in [7, 11) is 0. The first-order chi connectivity index (χ1) is 6.18. The van der Waals surface area contributed by atoms with Gasteiger partial charge in [0.05, 0.1) is 0 Å². The van der Waals surface area contributed by atoms with Crippen LogP contribution in [0.1, 0.15) is 6.92 Å². The van der Waals surface area contributed by atoms with Crippen LogP contribution < -0.4 is 16.4 Å². The molecule has 0 aromatic rings. The smallest absolute Gasteiger partial charge is 0.191 e. The summed E-state index contributed by atoms with van der Waals surface area (Å²) in [5, 5.41) is 23.1. The molecule has 13 heavy (non-hydrogen) atoms. The minimum Gasteiger partial charge on any atom is -0.329 e. The van der Waals surface area contributed by atoms with Gasteiger partial charge in [0, 0.05) is 26.2 Å². The molecule has 0 aliphatic carbocycles. The van der Waals surface area contributed by atoms with Crippen LogP contribution in [0.2, 0.25) is 0 Å². The van der Waals surface area contributed by atoms with Crippen molar-refractivity contribution in [3.63, 3.8) is 0 Å². The second-order valence-electron chi connectivity index (χ2n) is 2.81. The number of nitrogens with two attached hydrogens (primary N) is 1. The molecule has 0 radical (unpaired) electrons. The summed E-state index contributed by atoms with van der Waals surface area (Å²) in [5.74, 6) is 0. The Morgan fingerprint density at radius 3 is 2.31 bits per heavy atom. The molecule has 0 saturated carbocycles. The monoisotopic (exact) mass is 181 g/mol. The molecule has 0 spiro atoms. The molecule has 5 heteroatoms. The van der Waals surface area contributed by atoms with Crippen molar-refractivity contribution in [3.8, 4) is 12.1 Å². The Kier molecular flexibility index (Phi) is 5.82. The van der Waals surface area contributed by atoms with Crippen LogP contribution in [0.5, 0.6) is 0 Å². The maximum absolute atomic E-state index is 8.61. The van der Waals surface area contributed by atoms with Crippen LogP contribution >= 0.6 is 0 Å². The molecule has 0 heterocycles. The fourth-order valence-electron chi connectivity index (χ4n) is 0.732. The van der Waals surface area contributed by atoms with Gasteiger partial charge >= 0.3 is 0 Å². The quantitative estimate of drug-likeness (QED) is 0.453. The number of nitrogens with one attached hydrogen (secondary N) is 2. The molecule has 0 aromatic carbocycles. The molecule has 0 saturated heterocycles. The SMILES string of the molecule is CC(C#N)(C#N)NCCNCCN. The van der Waals surface area contributed by atoms with Gasteiger partial charge in [-0.2, -0.15) is 10.5 Å². The van der Waals surface area contributed by atoms with Crippen molar-refractivity contribution in [3.05, 3.63) is 0 Å². The average Bonchev–Trinajstić information content (AvgIpc) is 2.17. The molecule has 0 atom stereocenters. The third kappa shape index (κ3) is 5.15. The third-order valence-corrected chi connectivity index (χ3v) is 1.55. The van der Waals surface area contributed by atoms with Gasteiger partial charge in [-0.15, -0.1) is 0 Å². The van der Waals surface area contributed by atoms with E-state index in [2.05, 4.69) is 10.6 Å². The standard InChI is InChI=1S/C8H15N5/c1-8(6-10,7-11)13-5-4-12-3-2-9/h12-13H,2-5,9H2,1H3. The van der Waals surface area contributed by atoms with Gasteiger partial charge in [0.1, 0.15) is 12.1 Å². The summed E-state index contributed by atoms with van der Waals surface area (Å²) in [6.07, 6.45) is 0. The van der Waals surface area contributed by atoms with E-state index in [9.17, 15) is 0 Å². The molecule has 0 bridgehead atoms. The molecule has 0 unspecified atom stereocenters. The van der Waals surface area contributed by atoms with E-state index in [-0.39, 0.29) is 0 Å². The van der Waals surface area contributed by atoms with Crippen LogP contribution in [0.4, 0.5) is 0 Å². The van der Waals surface area contributed by atoms with Gasteiger partial charge in [0.15, 0.2) is 5.54 Å². The van der Waals surface area contributed by atoms with Crippen LogP contribution in [0.3, 0.4) is 0 Å². The Balaban J connectivity index is 3.54. The third-order valence-electron chi connectivity index (χ3n) is 1.55. The van der Waals surface area contributed by atoms with Gasteiger partial charge in [-0.3, -0.25) is 5.32 Å². The van der Waals surface area contributed by atoms with Crippen molar-refractivity contribution in [1.82, 2.24) is 10.6 Å². The molecule has 72 valence electrons. The molecule has 0 rings (SSSR count). The van der Waals surface area contributed by atoms with Gasteiger partial charge < -0.3 is 11.1 Å². The lowest BCUT2D eigenvalue weighted by Crippen LogP contribution is -2.43. The molecular formula is C8H15N5. The average molecular weight is 181 g/mol. The topological polar surface area (TPSA) is 97.7 Å². The summed E-state index contributed by atoms with van der Waals surface area (Å²) in [6, 6.07) is 3.79. The summed E-state index contributed by atoms with van der Waals surface area (Å²) in [6.45, 7) is 4.18. The Labute approximate surface area is 78.5 Å². The van der Waals surface area contributed by atoms with Gasteiger partial charge in [0.25, 0.3) is 0 Å². The minimum absolute atomic E-state index is 0.581. The molecule has 0 aliphatic heterocycles. The first-order valence-electron chi connectivity index (χ1n) is 4.17. The van der Waals surface area contributed by atoms with Gasteiger partial charge in [0.2, 0.25) is 0 Å². The highest BCUT2D eigenvalue weighted by Gasteiger charge is 2.20. The van der Waals surface area contributed by atoms with Crippen LogP contribution in [0.25, 0.3) is 0 Å². The van der Waals surface area contributed by atoms with Crippen molar-refractivity contribution < 1.29 is 0 Å². The van der Waals surface area contributed by atoms with Gasteiger partial charge in [-0.25, -0.2) is 0 Å². The summed E-state index contributed by atoms with van der Waals surface area (Å²) in [4.78, 5) is 0. The van der Waals surface area contributed by atoms with E-state index in [1.807, 2.05) is 12.1 Å². The zero-order valence-corrected chi connectivity index (χ0v) is 7.80. The van der Waals surface area contributed by atoms with E-state index in [0.717, 1.165) is 6.54 Å². The lowest BCUT2D eigenvalue weighted by atomic mass is 10.1. The highest BCUT2D eigenvalue weighted by molar-refractivity contribution is 5.18. The van der Waals surface area contributed by atoms with Crippen molar-refractivity contribution in [2.75, 3.05) is 26.2 Å². The Bertz CT molecular complexity index is 198. The van der Waals surface area contributed by atoms with E-state index in [0.29, 0.717) is 19.6 Å². The van der Waals surface area contributed by atoms with Crippen LogP contribution in [-0.2, 0) is 0 Å². The Morgan fingerprint density at radius 2 is 1.85 bits per heavy atom. The van der Waals surface area contributed by atoms with E-state index in [1.165, 1.54) is 0 Å². The Hall–Kier alpha value is -1.14.